The van der Waals surface area contributed by atoms with Crippen LogP contribution in [-0.2, 0) is 6.54 Å². The van der Waals surface area contributed by atoms with Crippen LogP contribution >= 0.6 is 47.2 Å². The highest BCUT2D eigenvalue weighted by atomic mass is 35.5. The zero-order chi connectivity index (χ0) is 13.8. The molecule has 0 unspecified atom stereocenters. The Bertz CT molecular complexity index is 473. The van der Waals surface area contributed by atoms with Crippen LogP contribution in [-0.4, -0.2) is 44.9 Å². The quantitative estimate of drug-likeness (QED) is 0.853. The largest absolute Gasteiger partial charge is 0.395 e. The molecule has 7 heteroatoms. The van der Waals surface area contributed by atoms with Crippen molar-refractivity contribution in [2.24, 2.45) is 0 Å². The van der Waals surface area contributed by atoms with Crippen molar-refractivity contribution < 1.29 is 5.11 Å². The molecule has 0 aliphatic carbocycles. The van der Waals surface area contributed by atoms with E-state index >= 15 is 0 Å². The average Bonchev–Trinajstić information content (AvgIpc) is 2.37. The molecule has 19 heavy (non-hydrogen) atoms. The first-order valence-electron chi connectivity index (χ1n) is 5.79. The second-order valence-corrected chi connectivity index (χ2v) is 6.65. The molecule has 104 valence electrons. The predicted octanol–water partition coefficient (Wildman–Crippen LogP) is 3.04. The summed E-state index contributed by atoms with van der Waals surface area (Å²) in [6.45, 7) is 2.18. The molecule has 1 aromatic carbocycles. The molecular formula is C12H14Cl2N2OS2. The van der Waals surface area contributed by atoms with Gasteiger partial charge in [0.05, 0.1) is 19.2 Å². The van der Waals surface area contributed by atoms with Crippen molar-refractivity contribution in [3.63, 3.8) is 0 Å². The highest BCUT2D eigenvalue weighted by molar-refractivity contribution is 8.22. The van der Waals surface area contributed by atoms with Gasteiger partial charge in [-0.05, 0) is 17.7 Å². The monoisotopic (exact) mass is 336 g/mol. The summed E-state index contributed by atoms with van der Waals surface area (Å²) in [5, 5.41) is 10.3. The molecule has 1 aliphatic rings. The van der Waals surface area contributed by atoms with Gasteiger partial charge in [0.25, 0.3) is 0 Å². The van der Waals surface area contributed by atoms with Crippen LogP contribution < -0.4 is 0 Å². The molecule has 2 rings (SSSR count). The molecule has 1 aliphatic heterocycles. The van der Waals surface area contributed by atoms with E-state index in [1.54, 1.807) is 17.8 Å². The number of benzene rings is 1. The minimum absolute atomic E-state index is 0.156. The molecule has 0 atom stereocenters. The Kier molecular flexibility index (Phi) is 5.74. The van der Waals surface area contributed by atoms with Crippen molar-refractivity contribution in [3.8, 4) is 0 Å². The summed E-state index contributed by atoms with van der Waals surface area (Å²) < 4.78 is 0.861. The zero-order valence-electron chi connectivity index (χ0n) is 10.2. The SMILES string of the molecule is OCCN1CSC(=S)N(Cc2ccc(Cl)cc2Cl)C1. The summed E-state index contributed by atoms with van der Waals surface area (Å²) in [5.74, 6) is 0.824. The second-order valence-electron chi connectivity index (χ2n) is 4.23. The van der Waals surface area contributed by atoms with Gasteiger partial charge in [-0.25, -0.2) is 0 Å². The third-order valence-electron chi connectivity index (χ3n) is 2.79. The molecule has 0 saturated carbocycles. The van der Waals surface area contributed by atoms with E-state index in [4.69, 9.17) is 40.5 Å². The third kappa shape index (κ3) is 4.21. The van der Waals surface area contributed by atoms with Gasteiger partial charge in [0.2, 0.25) is 0 Å². The van der Waals surface area contributed by atoms with Crippen molar-refractivity contribution in [1.82, 2.24) is 9.80 Å². The molecule has 0 aromatic heterocycles. The lowest BCUT2D eigenvalue weighted by molar-refractivity contribution is 0.164. The number of thioether (sulfide) groups is 1. The Balaban J connectivity index is 2.05. The minimum Gasteiger partial charge on any atom is -0.395 e. The number of hydrogen-bond acceptors (Lipinski definition) is 4. The van der Waals surface area contributed by atoms with Crippen LogP contribution in [0.2, 0.25) is 10.0 Å². The molecule has 0 radical (unpaired) electrons. The van der Waals surface area contributed by atoms with Gasteiger partial charge in [-0.1, -0.05) is 53.2 Å². The Morgan fingerprint density at radius 2 is 2.16 bits per heavy atom. The topological polar surface area (TPSA) is 26.7 Å². The maximum atomic E-state index is 9.00. The minimum atomic E-state index is 0.156. The molecule has 0 spiro atoms. The van der Waals surface area contributed by atoms with Crippen molar-refractivity contribution in [2.45, 2.75) is 6.54 Å². The fourth-order valence-electron chi connectivity index (χ4n) is 1.82. The Hall–Kier alpha value is -0.0400. The van der Waals surface area contributed by atoms with Gasteiger partial charge in [0, 0.05) is 23.1 Å². The Labute approximate surface area is 132 Å². The number of thiocarbonyl (C=S) groups is 1. The summed E-state index contributed by atoms with van der Waals surface area (Å²) in [6.07, 6.45) is 0. The number of aliphatic hydroxyl groups excluding tert-OH is 1. The maximum absolute atomic E-state index is 9.00. The lowest BCUT2D eigenvalue weighted by atomic mass is 10.2. The van der Waals surface area contributed by atoms with Crippen molar-refractivity contribution in [3.05, 3.63) is 33.8 Å². The lowest BCUT2D eigenvalue weighted by Gasteiger charge is -2.36. The fourth-order valence-corrected chi connectivity index (χ4v) is 3.38. The molecule has 3 nitrogen and oxygen atoms in total. The molecule has 1 heterocycles. The highest BCUT2D eigenvalue weighted by Gasteiger charge is 2.21. The number of hydrogen-bond donors (Lipinski definition) is 1. The highest BCUT2D eigenvalue weighted by Crippen LogP contribution is 2.25. The van der Waals surface area contributed by atoms with Crippen LogP contribution in [0.15, 0.2) is 18.2 Å². The van der Waals surface area contributed by atoms with Gasteiger partial charge in [-0.2, -0.15) is 0 Å². The van der Waals surface area contributed by atoms with Crippen LogP contribution in [0.4, 0.5) is 0 Å². The third-order valence-corrected chi connectivity index (χ3v) is 4.99. The van der Waals surface area contributed by atoms with E-state index < -0.39 is 0 Å². The number of β-amino-alcohol motifs (C(OH)–C–C–N with tert-alkyl or cyclic N) is 1. The number of aliphatic hydroxyl groups is 1. The van der Waals surface area contributed by atoms with Crippen LogP contribution in [0.3, 0.4) is 0 Å². The van der Waals surface area contributed by atoms with Crippen molar-refractivity contribution >= 4 is 51.5 Å². The van der Waals surface area contributed by atoms with E-state index in [0.717, 1.165) is 15.8 Å². The van der Waals surface area contributed by atoms with E-state index in [0.29, 0.717) is 29.8 Å². The molecule has 1 saturated heterocycles. The summed E-state index contributed by atoms with van der Waals surface area (Å²) >= 11 is 19.0. The van der Waals surface area contributed by atoms with Gasteiger partial charge >= 0.3 is 0 Å². The maximum Gasteiger partial charge on any atom is 0.138 e. The van der Waals surface area contributed by atoms with Crippen LogP contribution in [0.25, 0.3) is 0 Å². The first-order valence-corrected chi connectivity index (χ1v) is 7.94. The molecular weight excluding hydrogens is 323 g/mol. The van der Waals surface area contributed by atoms with Crippen molar-refractivity contribution in [2.75, 3.05) is 25.7 Å². The van der Waals surface area contributed by atoms with Gasteiger partial charge < -0.3 is 10.0 Å². The van der Waals surface area contributed by atoms with E-state index in [2.05, 4.69) is 9.80 Å². The van der Waals surface area contributed by atoms with E-state index in [9.17, 15) is 0 Å². The molecule has 1 N–H and O–H groups in total. The van der Waals surface area contributed by atoms with Gasteiger partial charge in [-0.15, -0.1) is 0 Å². The Morgan fingerprint density at radius 3 is 2.84 bits per heavy atom. The lowest BCUT2D eigenvalue weighted by Crippen LogP contribution is -2.45. The van der Waals surface area contributed by atoms with E-state index in [-0.39, 0.29) is 6.61 Å². The van der Waals surface area contributed by atoms with Gasteiger partial charge in [-0.3, -0.25) is 4.90 Å². The average molecular weight is 337 g/mol. The number of rotatable bonds is 4. The molecule has 0 bridgehead atoms. The van der Waals surface area contributed by atoms with Gasteiger partial charge in [0.1, 0.15) is 4.32 Å². The fraction of sp³-hybridized carbons (Fsp3) is 0.417. The second kappa shape index (κ2) is 7.11. The zero-order valence-corrected chi connectivity index (χ0v) is 13.3. The smallest absolute Gasteiger partial charge is 0.138 e. The molecule has 1 fully saturated rings. The first kappa shape index (κ1) is 15.4. The first-order chi connectivity index (χ1) is 9.10. The van der Waals surface area contributed by atoms with Crippen molar-refractivity contribution in [1.29, 1.82) is 0 Å². The predicted molar refractivity (Wildman–Crippen MR) is 85.7 cm³/mol. The van der Waals surface area contributed by atoms with E-state index in [1.165, 1.54) is 0 Å². The number of nitrogens with zero attached hydrogens (tertiary/aromatic N) is 2. The number of halogens is 2. The van der Waals surface area contributed by atoms with Gasteiger partial charge in [0.15, 0.2) is 0 Å². The normalized spacial score (nSPS) is 17.0. The van der Waals surface area contributed by atoms with Crippen LogP contribution in [0, 0.1) is 0 Å². The van der Waals surface area contributed by atoms with E-state index in [1.807, 2.05) is 12.1 Å². The molecule has 1 aromatic rings. The summed E-state index contributed by atoms with van der Waals surface area (Å²) in [4.78, 5) is 4.22. The van der Waals surface area contributed by atoms with Crippen LogP contribution in [0.5, 0.6) is 0 Å². The standard InChI is InChI=1S/C12H14Cl2N2OS2/c13-10-2-1-9(11(14)5-10)6-16-7-15(3-4-17)8-19-12(16)18/h1-2,5,17H,3-4,6-8H2. The molecule has 0 amide bonds. The Morgan fingerprint density at radius 1 is 1.37 bits per heavy atom. The summed E-state index contributed by atoms with van der Waals surface area (Å²) in [5.41, 5.74) is 1.000. The van der Waals surface area contributed by atoms with Crippen LogP contribution in [0.1, 0.15) is 5.56 Å². The summed E-state index contributed by atoms with van der Waals surface area (Å²) in [6, 6.07) is 5.49. The summed E-state index contributed by atoms with van der Waals surface area (Å²) in [7, 11) is 0.